The number of aliphatic hydroxyl groups is 3. The van der Waals surface area contributed by atoms with Gasteiger partial charge in [0.25, 0.3) is 0 Å². The third-order valence-corrected chi connectivity index (χ3v) is 12.3. The summed E-state index contributed by atoms with van der Waals surface area (Å²) >= 11 is 0. The highest BCUT2D eigenvalue weighted by molar-refractivity contribution is 5.83. The number of hydrogen-bond acceptors (Lipinski definition) is 7. The smallest absolute Gasteiger partial charge is 0.330 e. The SMILES string of the molecule is COC(=O)C12CCC3(C)C4C=CC(=O)OCC4(C(C)O)CC(O)C3C1(C)CCC1(C)CCC(C)=CC12O. The Hall–Kier alpha value is -1.70. The number of ether oxygens (including phenoxy) is 2. The number of aliphatic hydroxyl groups excluding tert-OH is 2. The third-order valence-electron chi connectivity index (χ3n) is 12.3. The molecule has 37 heavy (non-hydrogen) atoms. The molecule has 3 saturated carbocycles. The molecule has 0 bridgehead atoms. The van der Waals surface area contributed by atoms with Crippen molar-refractivity contribution >= 4 is 11.9 Å². The van der Waals surface area contributed by atoms with E-state index in [4.69, 9.17) is 9.47 Å². The van der Waals surface area contributed by atoms with Crippen molar-refractivity contribution in [3.63, 3.8) is 0 Å². The molecule has 0 aromatic heterocycles. The molecule has 1 heterocycles. The van der Waals surface area contributed by atoms with Gasteiger partial charge in [0.05, 0.1) is 19.3 Å². The van der Waals surface area contributed by atoms with E-state index in [1.54, 1.807) is 6.92 Å². The zero-order valence-electron chi connectivity index (χ0n) is 23.2. The van der Waals surface area contributed by atoms with E-state index in [9.17, 15) is 24.9 Å². The number of methoxy groups -OCH3 is 1. The van der Waals surface area contributed by atoms with E-state index >= 15 is 0 Å². The number of fused-ring (bicyclic) bond motifs is 7. The lowest BCUT2D eigenvalue weighted by molar-refractivity contribution is -0.308. The molecule has 0 aromatic rings. The van der Waals surface area contributed by atoms with Crippen LogP contribution < -0.4 is 0 Å². The van der Waals surface area contributed by atoms with Crippen LogP contribution in [0.25, 0.3) is 0 Å². The molecule has 5 rings (SSSR count). The molecular formula is C30H44O7. The average molecular weight is 517 g/mol. The molecule has 0 aromatic carbocycles. The summed E-state index contributed by atoms with van der Waals surface area (Å²) in [6, 6.07) is 0. The van der Waals surface area contributed by atoms with Crippen LogP contribution >= 0.6 is 0 Å². The van der Waals surface area contributed by atoms with Crippen molar-refractivity contribution in [3.8, 4) is 0 Å². The summed E-state index contributed by atoms with van der Waals surface area (Å²) in [6.07, 6.45) is 7.81. The molecule has 7 heteroatoms. The van der Waals surface area contributed by atoms with Crippen LogP contribution in [0.4, 0.5) is 0 Å². The predicted molar refractivity (Wildman–Crippen MR) is 137 cm³/mol. The first-order chi connectivity index (χ1) is 17.2. The van der Waals surface area contributed by atoms with E-state index in [1.165, 1.54) is 13.2 Å². The number of carbonyl (C=O) groups excluding carboxylic acids is 2. The van der Waals surface area contributed by atoms with Crippen LogP contribution in [0.5, 0.6) is 0 Å². The normalized spacial score (nSPS) is 51.8. The second kappa shape index (κ2) is 8.15. The molecule has 1 aliphatic heterocycles. The Morgan fingerprint density at radius 3 is 2.51 bits per heavy atom. The van der Waals surface area contributed by atoms with Gasteiger partial charge in [-0.3, -0.25) is 4.79 Å². The Labute approximate surface area is 220 Å². The highest BCUT2D eigenvalue weighted by atomic mass is 16.5. The molecule has 5 aliphatic rings. The van der Waals surface area contributed by atoms with E-state index in [1.807, 2.05) is 19.1 Å². The van der Waals surface area contributed by atoms with Gasteiger partial charge in [-0.15, -0.1) is 0 Å². The van der Waals surface area contributed by atoms with Crippen LogP contribution in [0.15, 0.2) is 23.8 Å². The van der Waals surface area contributed by atoms with Crippen molar-refractivity contribution in [1.82, 2.24) is 0 Å². The van der Waals surface area contributed by atoms with Gasteiger partial charge in [-0.2, -0.15) is 0 Å². The number of esters is 2. The van der Waals surface area contributed by atoms with Gasteiger partial charge < -0.3 is 24.8 Å². The maximum atomic E-state index is 14.1. The summed E-state index contributed by atoms with van der Waals surface area (Å²) < 4.78 is 11.0. The molecule has 10 unspecified atom stereocenters. The quantitative estimate of drug-likeness (QED) is 0.379. The first kappa shape index (κ1) is 26.9. The Kier molecular flexibility index (Phi) is 5.93. The van der Waals surface area contributed by atoms with Gasteiger partial charge in [-0.1, -0.05) is 38.5 Å². The fraction of sp³-hybridized carbons (Fsp3) is 0.800. The average Bonchev–Trinajstić information content (AvgIpc) is 3.00. The molecule has 0 saturated heterocycles. The molecular weight excluding hydrogens is 472 g/mol. The van der Waals surface area contributed by atoms with Crippen LogP contribution in [0, 0.1) is 38.9 Å². The van der Waals surface area contributed by atoms with E-state index < -0.39 is 56.8 Å². The minimum absolute atomic E-state index is 0.0311. The monoisotopic (exact) mass is 516 g/mol. The highest BCUT2D eigenvalue weighted by Gasteiger charge is 2.80. The topological polar surface area (TPSA) is 113 Å². The molecule has 3 fully saturated rings. The lowest BCUT2D eigenvalue weighted by atomic mass is 9.30. The maximum Gasteiger partial charge on any atom is 0.330 e. The van der Waals surface area contributed by atoms with Crippen LogP contribution in [-0.2, 0) is 19.1 Å². The summed E-state index contributed by atoms with van der Waals surface area (Å²) in [6.45, 7) is 10.1. The molecule has 0 spiro atoms. The molecule has 0 amide bonds. The molecule has 206 valence electrons. The molecule has 4 aliphatic carbocycles. The van der Waals surface area contributed by atoms with Crippen molar-refractivity contribution in [1.29, 1.82) is 0 Å². The van der Waals surface area contributed by atoms with Crippen molar-refractivity contribution < 1.29 is 34.4 Å². The van der Waals surface area contributed by atoms with Gasteiger partial charge in [0, 0.05) is 16.9 Å². The van der Waals surface area contributed by atoms with Crippen molar-refractivity contribution in [2.75, 3.05) is 13.7 Å². The Balaban J connectivity index is 1.74. The van der Waals surface area contributed by atoms with Crippen molar-refractivity contribution in [2.24, 2.45) is 38.9 Å². The van der Waals surface area contributed by atoms with E-state index in [2.05, 4.69) is 20.8 Å². The summed E-state index contributed by atoms with van der Waals surface area (Å²) in [5.41, 5.74) is -4.25. The van der Waals surface area contributed by atoms with Crippen molar-refractivity contribution in [2.45, 2.75) is 97.4 Å². The standard InChI is InChI=1S/C30H44O7/c1-18-9-10-25(3)11-13-27(5)23-20(32)16-28(19(2)31)17-37-22(33)8-7-21(28)26(23,4)12-14-29(27,24(34)36-6)30(25,35)15-18/h7-8,15,19-21,23,31-32,35H,9-14,16-17H2,1-6H3. The minimum atomic E-state index is -1.42. The second-order valence-corrected chi connectivity index (χ2v) is 13.7. The van der Waals surface area contributed by atoms with E-state index in [-0.39, 0.29) is 24.9 Å². The first-order valence-electron chi connectivity index (χ1n) is 13.9. The van der Waals surface area contributed by atoms with E-state index in [0.29, 0.717) is 19.3 Å². The van der Waals surface area contributed by atoms with Gasteiger partial charge in [0.2, 0.25) is 0 Å². The molecule has 10 atom stereocenters. The predicted octanol–water partition coefficient (Wildman–Crippen LogP) is 3.70. The number of hydrogen-bond donors (Lipinski definition) is 3. The van der Waals surface area contributed by atoms with Gasteiger partial charge in [-0.25, -0.2) is 4.79 Å². The number of rotatable bonds is 2. The summed E-state index contributed by atoms with van der Waals surface area (Å²) in [4.78, 5) is 26.4. The number of allylic oxidation sites excluding steroid dienone is 2. The van der Waals surface area contributed by atoms with Crippen molar-refractivity contribution in [3.05, 3.63) is 23.8 Å². The Bertz CT molecular complexity index is 1060. The van der Waals surface area contributed by atoms with Gasteiger partial charge in [0.1, 0.15) is 17.6 Å². The number of cyclic esters (lactones) is 1. The third kappa shape index (κ3) is 3.05. The van der Waals surface area contributed by atoms with E-state index in [0.717, 1.165) is 24.8 Å². The Morgan fingerprint density at radius 1 is 1.16 bits per heavy atom. The van der Waals surface area contributed by atoms with Crippen LogP contribution in [0.1, 0.15) is 79.6 Å². The molecule has 0 radical (unpaired) electrons. The summed E-state index contributed by atoms with van der Waals surface area (Å²) in [7, 11) is 1.40. The van der Waals surface area contributed by atoms with Gasteiger partial charge >= 0.3 is 11.9 Å². The van der Waals surface area contributed by atoms with Gasteiger partial charge in [-0.05, 0) is 81.5 Å². The summed E-state index contributed by atoms with van der Waals surface area (Å²) in [5.74, 6) is -1.47. The lowest BCUT2D eigenvalue weighted by Crippen LogP contribution is -2.78. The highest BCUT2D eigenvalue weighted by Crippen LogP contribution is 2.77. The number of carbonyl (C=O) groups is 2. The van der Waals surface area contributed by atoms with Gasteiger partial charge in [0.15, 0.2) is 0 Å². The largest absolute Gasteiger partial charge is 0.468 e. The zero-order valence-corrected chi connectivity index (χ0v) is 23.2. The molecule has 7 nitrogen and oxygen atoms in total. The Morgan fingerprint density at radius 2 is 1.86 bits per heavy atom. The van der Waals surface area contributed by atoms with Crippen LogP contribution in [0.3, 0.4) is 0 Å². The zero-order chi connectivity index (χ0) is 27.2. The first-order valence-corrected chi connectivity index (χ1v) is 13.9. The van der Waals surface area contributed by atoms with Crippen LogP contribution in [0.2, 0.25) is 0 Å². The summed E-state index contributed by atoms with van der Waals surface area (Å²) in [5, 5.41) is 35.9. The minimum Gasteiger partial charge on any atom is -0.468 e. The fourth-order valence-corrected chi connectivity index (χ4v) is 10.4. The lowest BCUT2D eigenvalue weighted by Gasteiger charge is -2.74. The second-order valence-electron chi connectivity index (χ2n) is 13.7. The fourth-order valence-electron chi connectivity index (χ4n) is 10.4. The maximum absolute atomic E-state index is 14.1. The van der Waals surface area contributed by atoms with Crippen LogP contribution in [-0.4, -0.2) is 58.8 Å². The molecule has 3 N–H and O–H groups in total.